The molecule has 0 radical (unpaired) electrons. The number of hydrogen-bond donors (Lipinski definition) is 2. The van der Waals surface area contributed by atoms with Crippen LogP contribution in [0, 0.1) is 0 Å². The Balaban J connectivity index is 1.42. The fourth-order valence-electron chi connectivity index (χ4n) is 3.72. The summed E-state index contributed by atoms with van der Waals surface area (Å²) in [6.07, 6.45) is -0.852. The van der Waals surface area contributed by atoms with Gasteiger partial charge >= 0.3 is 12.0 Å². The second kappa shape index (κ2) is 8.58. The number of hydrogen-bond acceptors (Lipinski definition) is 7. The van der Waals surface area contributed by atoms with Crippen LogP contribution in [0.4, 0.5) is 10.5 Å². The van der Waals surface area contributed by atoms with Gasteiger partial charge in [0.1, 0.15) is 11.7 Å². The molecule has 2 aromatic carbocycles. The third-order valence-corrected chi connectivity index (χ3v) is 5.27. The number of carbonyl (C=O) groups excluding carboxylic acids is 4. The molecule has 10 nitrogen and oxygen atoms in total. The molecule has 0 spiro atoms. The molecule has 32 heavy (non-hydrogen) atoms. The normalized spacial score (nSPS) is 16.8. The summed E-state index contributed by atoms with van der Waals surface area (Å²) in [5.41, 5.74) is 1.60. The number of fused-ring (bicyclic) bond motifs is 1. The number of methoxy groups -OCH3 is 2. The quantitative estimate of drug-likeness (QED) is 0.661. The molecule has 0 bridgehead atoms. The summed E-state index contributed by atoms with van der Waals surface area (Å²) in [5.74, 6) is -0.693. The Labute approximate surface area is 183 Å². The smallest absolute Gasteiger partial charge is 0.343 e. The van der Waals surface area contributed by atoms with Gasteiger partial charge in [-0.3, -0.25) is 14.5 Å². The van der Waals surface area contributed by atoms with E-state index < -0.39 is 24.0 Å². The SMILES string of the molecule is COc1ccc2c(c1OC)C(=O)OC2CC(=O)Nc1ccc(C(=O)N2CCNC2=O)cc1. The Bertz CT molecular complexity index is 1100. The van der Waals surface area contributed by atoms with E-state index in [2.05, 4.69) is 10.6 Å². The summed E-state index contributed by atoms with van der Waals surface area (Å²) in [7, 11) is 2.89. The Hall–Kier alpha value is -4.08. The highest BCUT2D eigenvalue weighted by atomic mass is 16.6. The van der Waals surface area contributed by atoms with Gasteiger partial charge in [-0.15, -0.1) is 0 Å². The number of carbonyl (C=O) groups is 4. The molecule has 2 N–H and O–H groups in total. The maximum absolute atomic E-state index is 12.5. The largest absolute Gasteiger partial charge is 0.493 e. The molecule has 4 rings (SSSR count). The van der Waals surface area contributed by atoms with Crippen molar-refractivity contribution in [2.24, 2.45) is 0 Å². The number of ether oxygens (including phenoxy) is 3. The lowest BCUT2D eigenvalue weighted by Crippen LogP contribution is -2.34. The molecule has 10 heteroatoms. The number of imide groups is 1. The lowest BCUT2D eigenvalue weighted by atomic mass is 10.0. The molecular weight excluding hydrogens is 418 g/mol. The van der Waals surface area contributed by atoms with Crippen LogP contribution in [0.5, 0.6) is 11.5 Å². The molecule has 4 amide bonds. The summed E-state index contributed by atoms with van der Waals surface area (Å²) < 4.78 is 15.9. The van der Waals surface area contributed by atoms with Crippen LogP contribution in [0.25, 0.3) is 0 Å². The third kappa shape index (κ3) is 3.82. The van der Waals surface area contributed by atoms with Crippen LogP contribution in [0.15, 0.2) is 36.4 Å². The van der Waals surface area contributed by atoms with Gasteiger partial charge in [0.2, 0.25) is 5.91 Å². The first-order valence-corrected chi connectivity index (χ1v) is 9.88. The number of nitrogens with zero attached hydrogens (tertiary/aromatic N) is 1. The molecule has 0 saturated carbocycles. The van der Waals surface area contributed by atoms with Crippen LogP contribution in [0.3, 0.4) is 0 Å². The van der Waals surface area contributed by atoms with Gasteiger partial charge < -0.3 is 24.8 Å². The van der Waals surface area contributed by atoms with E-state index in [-0.39, 0.29) is 23.6 Å². The van der Waals surface area contributed by atoms with Gasteiger partial charge in [-0.1, -0.05) is 6.07 Å². The van der Waals surface area contributed by atoms with Crippen molar-refractivity contribution in [1.82, 2.24) is 10.2 Å². The van der Waals surface area contributed by atoms with E-state index in [0.29, 0.717) is 35.7 Å². The van der Waals surface area contributed by atoms with Crippen molar-refractivity contribution in [3.05, 3.63) is 53.1 Å². The standard InChI is InChI=1S/C22H21N3O7/c1-30-15-8-7-14-16(32-21(28)18(14)19(15)31-2)11-17(26)24-13-5-3-12(4-6-13)20(27)25-10-9-23-22(25)29/h3-8,16H,9-11H2,1-2H3,(H,23,29)(H,24,26). The summed E-state index contributed by atoms with van der Waals surface area (Å²) in [5, 5.41) is 5.29. The van der Waals surface area contributed by atoms with Crippen molar-refractivity contribution >= 4 is 29.5 Å². The van der Waals surface area contributed by atoms with Gasteiger partial charge in [0.15, 0.2) is 11.5 Å². The predicted octanol–water partition coefficient (Wildman–Crippen LogP) is 2.11. The van der Waals surface area contributed by atoms with Gasteiger partial charge in [0.05, 0.1) is 20.6 Å². The predicted molar refractivity (Wildman–Crippen MR) is 112 cm³/mol. The molecule has 1 saturated heterocycles. The lowest BCUT2D eigenvalue weighted by Gasteiger charge is -2.14. The number of nitrogens with one attached hydrogen (secondary N) is 2. The second-order valence-electron chi connectivity index (χ2n) is 7.18. The van der Waals surface area contributed by atoms with Crippen LogP contribution in [0.1, 0.15) is 38.8 Å². The number of anilines is 1. The number of rotatable bonds is 6. The van der Waals surface area contributed by atoms with Crippen molar-refractivity contribution in [2.45, 2.75) is 12.5 Å². The monoisotopic (exact) mass is 439 g/mol. The van der Waals surface area contributed by atoms with E-state index in [1.807, 2.05) is 0 Å². The number of urea groups is 1. The van der Waals surface area contributed by atoms with E-state index in [9.17, 15) is 19.2 Å². The first-order chi connectivity index (χ1) is 15.4. The van der Waals surface area contributed by atoms with E-state index in [1.165, 1.54) is 26.4 Å². The minimum absolute atomic E-state index is 0.0944. The van der Waals surface area contributed by atoms with Crippen molar-refractivity contribution in [1.29, 1.82) is 0 Å². The summed E-state index contributed by atoms with van der Waals surface area (Å²) in [4.78, 5) is 50.0. The average molecular weight is 439 g/mol. The molecule has 0 aromatic heterocycles. The fraction of sp³-hybridized carbons (Fsp3) is 0.273. The van der Waals surface area contributed by atoms with E-state index in [0.717, 1.165) is 4.90 Å². The van der Waals surface area contributed by atoms with Gasteiger partial charge in [-0.2, -0.15) is 0 Å². The molecule has 1 atom stereocenters. The van der Waals surface area contributed by atoms with Crippen LogP contribution in [-0.2, 0) is 9.53 Å². The molecule has 2 aromatic rings. The minimum Gasteiger partial charge on any atom is -0.493 e. The Kier molecular flexibility index (Phi) is 5.67. The van der Waals surface area contributed by atoms with Crippen LogP contribution < -0.4 is 20.1 Å². The maximum Gasteiger partial charge on any atom is 0.343 e. The molecule has 1 fully saturated rings. The topological polar surface area (TPSA) is 123 Å². The first-order valence-electron chi connectivity index (χ1n) is 9.88. The highest BCUT2D eigenvalue weighted by Crippen LogP contribution is 2.43. The first kappa shape index (κ1) is 21.2. The van der Waals surface area contributed by atoms with Gasteiger partial charge in [-0.25, -0.2) is 9.59 Å². The van der Waals surface area contributed by atoms with Crippen LogP contribution in [-0.4, -0.2) is 56.0 Å². The van der Waals surface area contributed by atoms with E-state index in [4.69, 9.17) is 14.2 Å². The zero-order valence-corrected chi connectivity index (χ0v) is 17.5. The highest BCUT2D eigenvalue weighted by molar-refractivity contribution is 6.05. The number of amides is 4. The molecule has 0 aliphatic carbocycles. The Morgan fingerprint density at radius 1 is 1.12 bits per heavy atom. The van der Waals surface area contributed by atoms with E-state index >= 15 is 0 Å². The molecule has 2 aliphatic heterocycles. The van der Waals surface area contributed by atoms with Crippen molar-refractivity contribution < 1.29 is 33.4 Å². The zero-order valence-electron chi connectivity index (χ0n) is 17.5. The number of cyclic esters (lactones) is 1. The lowest BCUT2D eigenvalue weighted by molar-refractivity contribution is -0.118. The second-order valence-corrected chi connectivity index (χ2v) is 7.18. The van der Waals surface area contributed by atoms with Crippen LogP contribution >= 0.6 is 0 Å². The van der Waals surface area contributed by atoms with Crippen molar-refractivity contribution in [2.75, 3.05) is 32.6 Å². The summed E-state index contributed by atoms with van der Waals surface area (Å²) in [6.45, 7) is 0.737. The average Bonchev–Trinajstić information content (AvgIpc) is 3.36. The molecule has 2 heterocycles. The number of esters is 1. The van der Waals surface area contributed by atoms with Gasteiger partial charge in [0.25, 0.3) is 5.91 Å². The third-order valence-electron chi connectivity index (χ3n) is 5.27. The Morgan fingerprint density at radius 3 is 2.50 bits per heavy atom. The summed E-state index contributed by atoms with van der Waals surface area (Å²) >= 11 is 0. The maximum atomic E-state index is 12.5. The molecule has 166 valence electrons. The minimum atomic E-state index is -0.758. The Morgan fingerprint density at radius 2 is 1.88 bits per heavy atom. The van der Waals surface area contributed by atoms with Gasteiger partial charge in [0, 0.05) is 29.9 Å². The van der Waals surface area contributed by atoms with Crippen molar-refractivity contribution in [3.63, 3.8) is 0 Å². The molecular formula is C22H21N3O7. The molecule has 2 aliphatic rings. The van der Waals surface area contributed by atoms with E-state index in [1.54, 1.807) is 24.3 Å². The number of benzene rings is 2. The molecule has 1 unspecified atom stereocenters. The van der Waals surface area contributed by atoms with Crippen molar-refractivity contribution in [3.8, 4) is 11.5 Å². The zero-order chi connectivity index (χ0) is 22.8. The summed E-state index contributed by atoms with van der Waals surface area (Å²) in [6, 6.07) is 9.11. The highest BCUT2D eigenvalue weighted by Gasteiger charge is 2.37. The fourth-order valence-corrected chi connectivity index (χ4v) is 3.72. The van der Waals surface area contributed by atoms with Gasteiger partial charge in [-0.05, 0) is 30.3 Å². The van der Waals surface area contributed by atoms with Crippen LogP contribution in [0.2, 0.25) is 0 Å².